The van der Waals surface area contributed by atoms with E-state index >= 15 is 0 Å². The number of nitrogens with zero attached hydrogens (tertiary/aromatic N) is 2. The average molecular weight is 602 g/mol. The van der Waals surface area contributed by atoms with Gasteiger partial charge in [0, 0.05) is 29.0 Å². The number of pyridine rings is 2. The minimum Gasteiger partial charge on any atom is -0.550 e. The van der Waals surface area contributed by atoms with Crippen molar-refractivity contribution in [1.82, 2.24) is 9.97 Å². The third kappa shape index (κ3) is 13.6. The van der Waals surface area contributed by atoms with Crippen molar-refractivity contribution in [2.24, 2.45) is 0 Å². The summed E-state index contributed by atoms with van der Waals surface area (Å²) in [6.07, 6.45) is 0. The molecule has 0 amide bonds. The van der Waals surface area contributed by atoms with Crippen molar-refractivity contribution in [3.8, 4) is 51.2 Å². The zero-order valence-corrected chi connectivity index (χ0v) is 23.7. The molecule has 0 atom stereocenters. The van der Waals surface area contributed by atoms with E-state index in [2.05, 4.69) is 9.97 Å². The number of hydrogen-bond acceptors (Lipinski definition) is 11. The van der Waals surface area contributed by atoms with Gasteiger partial charge in [-0.05, 0) is 75.4 Å². The van der Waals surface area contributed by atoms with Crippen molar-refractivity contribution in [1.29, 1.82) is 0 Å². The molecule has 4 aromatic rings. The standard InChI is InChI=1S/C23H18N2O3.3C2H4O2.Mn/c1-28-15-12-13-23(27)17(14-15)19-8-5-10-21(25-19)20-9-4-7-18(24-20)16-6-2-3-11-22(16)26;3*1-2(3)4;/h2-14,26-27H,1H3;3*1H3,(H,3,4);/q;;;;+3/p-3. The molecule has 0 spiro atoms. The van der Waals surface area contributed by atoms with E-state index in [9.17, 15) is 10.2 Å². The number of hydrogen-bond donors (Lipinski definition) is 2. The van der Waals surface area contributed by atoms with Crippen LogP contribution in [0.5, 0.6) is 17.2 Å². The van der Waals surface area contributed by atoms with Gasteiger partial charge in [-0.25, -0.2) is 9.97 Å². The van der Waals surface area contributed by atoms with E-state index < -0.39 is 17.9 Å². The quantitative estimate of drug-likeness (QED) is 0.318. The Morgan fingerprint density at radius 2 is 1.00 bits per heavy atom. The number of carbonyl (C=O) groups excluding carboxylic acids is 3. The molecule has 2 aromatic heterocycles. The van der Waals surface area contributed by atoms with E-state index in [1.165, 1.54) is 0 Å². The topological polar surface area (TPSA) is 196 Å². The third-order valence-electron chi connectivity index (χ3n) is 4.42. The third-order valence-corrected chi connectivity index (χ3v) is 4.42. The molecule has 0 radical (unpaired) electrons. The van der Waals surface area contributed by atoms with Crippen LogP contribution in [0.15, 0.2) is 78.9 Å². The molecule has 4 rings (SSSR count). The Hall–Kier alpha value is -4.93. The van der Waals surface area contributed by atoms with Crippen molar-refractivity contribution in [2.45, 2.75) is 20.8 Å². The van der Waals surface area contributed by atoms with Gasteiger partial charge in [-0.15, -0.1) is 0 Å². The van der Waals surface area contributed by atoms with Crippen molar-refractivity contribution < 1.29 is 61.7 Å². The predicted octanol–water partition coefficient (Wildman–Crippen LogP) is 1.16. The summed E-state index contributed by atoms with van der Waals surface area (Å²) in [6.45, 7) is 2.92. The summed E-state index contributed by atoms with van der Waals surface area (Å²) in [5, 5.41) is 47.0. The first-order chi connectivity index (χ1) is 18.8. The Morgan fingerprint density at radius 1 is 0.610 bits per heavy atom. The van der Waals surface area contributed by atoms with Gasteiger partial charge in [0.05, 0.1) is 29.9 Å². The van der Waals surface area contributed by atoms with Gasteiger partial charge in [-0.1, -0.05) is 24.3 Å². The summed E-state index contributed by atoms with van der Waals surface area (Å²) < 4.78 is 5.25. The Morgan fingerprint density at radius 3 is 1.44 bits per heavy atom. The average Bonchev–Trinajstić information content (AvgIpc) is 2.88. The molecule has 0 saturated heterocycles. The number of aliphatic carboxylic acids is 3. The minimum absolute atomic E-state index is 0. The fourth-order valence-electron chi connectivity index (χ4n) is 2.99. The molecule has 2 aromatic carbocycles. The number of benzene rings is 2. The number of carboxylic acids is 3. The number of methoxy groups -OCH3 is 1. The van der Waals surface area contributed by atoms with Crippen LogP contribution in [0.25, 0.3) is 33.9 Å². The van der Waals surface area contributed by atoms with Gasteiger partial charge in [0.25, 0.3) is 0 Å². The van der Waals surface area contributed by atoms with Crippen molar-refractivity contribution in [3.05, 3.63) is 78.9 Å². The van der Waals surface area contributed by atoms with Crippen LogP contribution in [0.2, 0.25) is 0 Å². The molecule has 0 saturated carbocycles. The fourth-order valence-corrected chi connectivity index (χ4v) is 2.99. The molecule has 0 aliphatic heterocycles. The maximum atomic E-state index is 10.2. The minimum atomic E-state index is -1.08. The molecule has 214 valence electrons. The second kappa shape index (κ2) is 18.4. The van der Waals surface area contributed by atoms with Crippen LogP contribution in [0, 0.1) is 0 Å². The van der Waals surface area contributed by atoms with Gasteiger partial charge < -0.3 is 44.7 Å². The molecule has 41 heavy (non-hydrogen) atoms. The maximum absolute atomic E-state index is 10.2. The van der Waals surface area contributed by atoms with E-state index in [0.717, 1.165) is 20.8 Å². The van der Waals surface area contributed by atoms with E-state index in [1.54, 1.807) is 37.4 Å². The van der Waals surface area contributed by atoms with E-state index in [-0.39, 0.29) is 28.6 Å². The molecule has 0 fully saturated rings. The summed E-state index contributed by atoms with van der Waals surface area (Å²) in [4.78, 5) is 36.0. The number of ether oxygens (including phenoxy) is 1. The largest absolute Gasteiger partial charge is 3.00 e. The number of rotatable bonds is 4. The van der Waals surface area contributed by atoms with E-state index in [0.29, 0.717) is 39.7 Å². The molecule has 0 aliphatic carbocycles. The first-order valence-corrected chi connectivity index (χ1v) is 11.5. The van der Waals surface area contributed by atoms with E-state index in [4.69, 9.17) is 34.4 Å². The number of carbonyl (C=O) groups is 3. The van der Waals surface area contributed by atoms with E-state index in [1.807, 2.05) is 48.5 Å². The van der Waals surface area contributed by atoms with Gasteiger partial charge in [0.15, 0.2) is 0 Å². The van der Waals surface area contributed by atoms with Gasteiger partial charge >= 0.3 is 17.1 Å². The van der Waals surface area contributed by atoms with Crippen LogP contribution in [0.3, 0.4) is 0 Å². The van der Waals surface area contributed by atoms with Crippen molar-refractivity contribution >= 4 is 17.9 Å². The number of phenols is 2. The Kier molecular flexibility index (Phi) is 16.2. The van der Waals surface area contributed by atoms with Gasteiger partial charge in [0.1, 0.15) is 17.2 Å². The summed E-state index contributed by atoms with van der Waals surface area (Å²) in [5.41, 5.74) is 3.85. The Balaban J connectivity index is 0.00000105. The monoisotopic (exact) mass is 602 g/mol. The molecular weight excluding hydrogens is 575 g/mol. The summed E-state index contributed by atoms with van der Waals surface area (Å²) in [6, 6.07) is 23.2. The van der Waals surface area contributed by atoms with Gasteiger partial charge in [-0.2, -0.15) is 0 Å². The van der Waals surface area contributed by atoms with Crippen molar-refractivity contribution in [2.75, 3.05) is 7.11 Å². The van der Waals surface area contributed by atoms with Crippen LogP contribution in [0.4, 0.5) is 0 Å². The molecule has 2 heterocycles. The summed E-state index contributed by atoms with van der Waals surface area (Å²) >= 11 is 0. The zero-order valence-electron chi connectivity index (χ0n) is 22.5. The van der Waals surface area contributed by atoms with Gasteiger partial charge in [-0.3, -0.25) is 0 Å². The van der Waals surface area contributed by atoms with Gasteiger partial charge in [0.2, 0.25) is 0 Å². The Bertz CT molecular complexity index is 1400. The molecule has 12 heteroatoms. The normalized spacial score (nSPS) is 9.07. The molecule has 0 unspecified atom stereocenters. The zero-order chi connectivity index (χ0) is 30.2. The smallest absolute Gasteiger partial charge is 0.550 e. The second-order valence-electron chi connectivity index (χ2n) is 7.69. The van der Waals surface area contributed by atoms with Crippen molar-refractivity contribution in [3.63, 3.8) is 0 Å². The maximum Gasteiger partial charge on any atom is 3.00 e. The Labute approximate surface area is 247 Å². The van der Waals surface area contributed by atoms with Crippen LogP contribution >= 0.6 is 0 Å². The number of phenolic OH excluding ortho intramolecular Hbond substituents is 2. The van der Waals surface area contributed by atoms with Crippen LogP contribution in [-0.4, -0.2) is 45.2 Å². The number of aromatic hydroxyl groups is 2. The molecule has 2 N–H and O–H groups in total. The predicted molar refractivity (Wildman–Crippen MR) is 140 cm³/mol. The SMILES string of the molecule is CC(=O)[O-].CC(=O)[O-].CC(=O)[O-].COc1ccc(O)c(-c2cccc(-c3cccc(-c4ccccc4O)n3)n2)c1.[Mn+3]. The number of para-hydroxylation sites is 1. The fraction of sp³-hybridized carbons (Fsp3) is 0.138. The summed E-state index contributed by atoms with van der Waals surface area (Å²) in [5.74, 6) is -2.31. The van der Waals surface area contributed by atoms with Crippen LogP contribution in [-0.2, 0) is 31.5 Å². The first kappa shape index (κ1) is 36.1. The molecular formula is C29H27MnN2O9. The molecule has 0 aliphatic rings. The molecule has 0 bridgehead atoms. The number of carboxylic acid groups (broad SMARTS) is 3. The molecule has 11 nitrogen and oxygen atoms in total. The summed E-state index contributed by atoms with van der Waals surface area (Å²) in [7, 11) is 1.58. The van der Waals surface area contributed by atoms with Crippen LogP contribution < -0.4 is 20.1 Å². The number of aromatic nitrogens is 2. The first-order valence-electron chi connectivity index (χ1n) is 11.5. The van der Waals surface area contributed by atoms with Crippen LogP contribution in [0.1, 0.15) is 20.8 Å². The second-order valence-corrected chi connectivity index (χ2v) is 7.69.